The first kappa shape index (κ1) is 15.0. The van der Waals surface area contributed by atoms with Crippen LogP contribution in [-0.2, 0) is 0 Å². The number of pyridine rings is 1. The first-order valence-corrected chi connectivity index (χ1v) is 7.63. The van der Waals surface area contributed by atoms with Gasteiger partial charge in [-0.1, -0.05) is 6.07 Å². The van der Waals surface area contributed by atoms with Gasteiger partial charge in [0.05, 0.1) is 11.3 Å². The number of hydrogen-bond acceptors (Lipinski definition) is 5. The Labute approximate surface area is 142 Å². The number of nitrogen functional groups attached to an aromatic ring is 1. The predicted molar refractivity (Wildman–Crippen MR) is 93.9 cm³/mol. The number of aryl methyl sites for hydroxylation is 1. The van der Waals surface area contributed by atoms with Crippen LogP contribution >= 0.6 is 0 Å². The van der Waals surface area contributed by atoms with Crippen LogP contribution in [0, 0.1) is 13.8 Å². The first-order chi connectivity index (χ1) is 11.9. The van der Waals surface area contributed by atoms with Crippen molar-refractivity contribution in [3.8, 4) is 11.4 Å². The number of rotatable bonds is 2. The molecule has 0 atom stereocenters. The van der Waals surface area contributed by atoms with Crippen LogP contribution in [0.1, 0.15) is 21.5 Å². The van der Waals surface area contributed by atoms with E-state index in [0.717, 1.165) is 5.56 Å². The second kappa shape index (κ2) is 4.97. The van der Waals surface area contributed by atoms with Gasteiger partial charge >= 0.3 is 0 Å². The number of aromatic hydroxyl groups is 1. The first-order valence-electron chi connectivity index (χ1n) is 7.63. The zero-order chi connectivity index (χ0) is 17.9. The predicted octanol–water partition coefficient (Wildman–Crippen LogP) is 1.68. The molecule has 0 fully saturated rings. The van der Waals surface area contributed by atoms with Gasteiger partial charge in [0.15, 0.2) is 5.65 Å². The lowest BCUT2D eigenvalue weighted by atomic mass is 10.1. The number of phenols is 1. The van der Waals surface area contributed by atoms with Gasteiger partial charge in [-0.2, -0.15) is 0 Å². The minimum Gasteiger partial charge on any atom is -0.508 e. The lowest BCUT2D eigenvalue weighted by Gasteiger charge is -2.15. The Morgan fingerprint density at radius 2 is 2.00 bits per heavy atom. The molecular weight excluding hydrogens is 320 g/mol. The summed E-state index contributed by atoms with van der Waals surface area (Å²) < 4.78 is 3.44. The Bertz CT molecular complexity index is 1170. The number of nitrogens with zero attached hydrogens (tertiary/aromatic N) is 4. The summed E-state index contributed by atoms with van der Waals surface area (Å²) in [5.74, 6) is -0.285. The highest BCUT2D eigenvalue weighted by molar-refractivity contribution is 6.14. The van der Waals surface area contributed by atoms with E-state index in [1.807, 2.05) is 6.92 Å². The highest BCUT2D eigenvalue weighted by atomic mass is 16.3. The van der Waals surface area contributed by atoms with Crippen molar-refractivity contribution in [2.45, 2.75) is 13.8 Å². The molecule has 0 bridgehead atoms. The van der Waals surface area contributed by atoms with Crippen molar-refractivity contribution >= 4 is 28.3 Å². The zero-order valence-corrected chi connectivity index (χ0v) is 13.7. The number of nitrogens with two attached hydrogens (primary N) is 2. The summed E-state index contributed by atoms with van der Waals surface area (Å²) in [7, 11) is 0. The van der Waals surface area contributed by atoms with Crippen molar-refractivity contribution in [2.24, 2.45) is 5.73 Å². The SMILES string of the molecule is Cc1ccc(O)c(C)c1-n1c(N)c(C(N)=O)c2ccn3cnnc3c21. The Hall–Kier alpha value is -3.55. The molecule has 3 aromatic heterocycles. The number of benzene rings is 1. The third-order valence-electron chi connectivity index (χ3n) is 4.51. The van der Waals surface area contributed by atoms with Crippen LogP contribution in [0.5, 0.6) is 5.75 Å². The number of amides is 1. The van der Waals surface area contributed by atoms with Crippen molar-refractivity contribution in [3.63, 3.8) is 0 Å². The summed E-state index contributed by atoms with van der Waals surface area (Å²) in [5.41, 5.74) is 15.5. The Balaban J connectivity index is 2.29. The average molecular weight is 336 g/mol. The molecule has 0 aliphatic rings. The molecule has 1 aromatic carbocycles. The molecule has 8 nitrogen and oxygen atoms in total. The van der Waals surface area contributed by atoms with Crippen molar-refractivity contribution < 1.29 is 9.90 Å². The van der Waals surface area contributed by atoms with Gasteiger partial charge in [-0.05, 0) is 31.5 Å². The molecule has 8 heteroatoms. The van der Waals surface area contributed by atoms with E-state index >= 15 is 0 Å². The molecule has 3 heterocycles. The minimum absolute atomic E-state index is 0.135. The molecule has 0 spiro atoms. The Morgan fingerprint density at radius 3 is 2.72 bits per heavy atom. The third kappa shape index (κ3) is 1.90. The normalized spacial score (nSPS) is 11.4. The molecule has 25 heavy (non-hydrogen) atoms. The number of aromatic nitrogens is 4. The van der Waals surface area contributed by atoms with Gasteiger partial charge in [0, 0.05) is 17.1 Å². The Morgan fingerprint density at radius 1 is 1.24 bits per heavy atom. The quantitative estimate of drug-likeness (QED) is 0.513. The zero-order valence-electron chi connectivity index (χ0n) is 13.7. The molecule has 4 aromatic rings. The summed E-state index contributed by atoms with van der Waals surface area (Å²) in [5, 5.41) is 18.8. The molecular formula is C17H16N6O2. The van der Waals surface area contributed by atoms with E-state index in [2.05, 4.69) is 10.2 Å². The van der Waals surface area contributed by atoms with Gasteiger partial charge in [0.25, 0.3) is 5.91 Å². The fraction of sp³-hybridized carbons (Fsp3) is 0.118. The van der Waals surface area contributed by atoms with Crippen LogP contribution in [-0.4, -0.2) is 30.2 Å². The molecule has 5 N–H and O–H groups in total. The van der Waals surface area contributed by atoms with Crippen molar-refractivity contribution in [1.29, 1.82) is 0 Å². The molecule has 0 saturated heterocycles. The van der Waals surface area contributed by atoms with Crippen molar-refractivity contribution in [3.05, 3.63) is 47.4 Å². The average Bonchev–Trinajstić information content (AvgIpc) is 3.14. The number of fused-ring (bicyclic) bond motifs is 3. The van der Waals surface area contributed by atoms with E-state index < -0.39 is 5.91 Å². The fourth-order valence-corrected chi connectivity index (χ4v) is 3.33. The molecule has 1 amide bonds. The number of primary amides is 1. The molecule has 0 aliphatic carbocycles. The van der Waals surface area contributed by atoms with E-state index in [4.69, 9.17) is 11.5 Å². The van der Waals surface area contributed by atoms with Gasteiger partial charge < -0.3 is 16.6 Å². The summed E-state index contributed by atoms with van der Waals surface area (Å²) in [6.07, 6.45) is 3.31. The standard InChI is InChI=1S/C17H16N6O2/c1-8-3-4-11(24)9(2)13(8)23-14-10(12(15(23)18)16(19)25)5-6-22-7-20-21-17(14)22/h3-7,24H,18H2,1-2H3,(H2,19,25). The third-order valence-corrected chi connectivity index (χ3v) is 4.51. The van der Waals surface area contributed by atoms with Crippen LogP contribution in [0.3, 0.4) is 0 Å². The second-order valence-corrected chi connectivity index (χ2v) is 5.97. The number of carbonyl (C=O) groups excluding carboxylic acids is 1. The molecule has 4 rings (SSSR count). The minimum atomic E-state index is -0.624. The maximum atomic E-state index is 12.0. The van der Waals surface area contributed by atoms with Crippen molar-refractivity contribution in [2.75, 3.05) is 5.73 Å². The lowest BCUT2D eigenvalue weighted by molar-refractivity contribution is 0.100. The van der Waals surface area contributed by atoms with Crippen molar-refractivity contribution in [1.82, 2.24) is 19.2 Å². The smallest absolute Gasteiger partial charge is 0.253 e. The summed E-state index contributed by atoms with van der Waals surface area (Å²) in [4.78, 5) is 12.0. The van der Waals surface area contributed by atoms with Crippen LogP contribution in [0.4, 0.5) is 5.82 Å². The molecule has 126 valence electrons. The highest BCUT2D eigenvalue weighted by Crippen LogP contribution is 2.37. The molecule has 0 aliphatic heterocycles. The van der Waals surface area contributed by atoms with Gasteiger partial charge in [-0.3, -0.25) is 13.8 Å². The summed E-state index contributed by atoms with van der Waals surface area (Å²) in [6, 6.07) is 5.17. The largest absolute Gasteiger partial charge is 0.508 e. The summed E-state index contributed by atoms with van der Waals surface area (Å²) in [6.45, 7) is 3.69. The van der Waals surface area contributed by atoms with E-state index in [-0.39, 0.29) is 17.1 Å². The van der Waals surface area contributed by atoms with E-state index in [1.165, 1.54) is 0 Å². The van der Waals surface area contributed by atoms with Crippen LogP contribution in [0.15, 0.2) is 30.7 Å². The van der Waals surface area contributed by atoms with Gasteiger partial charge in [-0.25, -0.2) is 0 Å². The highest BCUT2D eigenvalue weighted by Gasteiger charge is 2.24. The summed E-state index contributed by atoms with van der Waals surface area (Å²) >= 11 is 0. The maximum absolute atomic E-state index is 12.0. The number of hydrogen-bond donors (Lipinski definition) is 3. The van der Waals surface area contributed by atoms with Crippen LogP contribution < -0.4 is 11.5 Å². The van der Waals surface area contributed by atoms with E-state index in [1.54, 1.807) is 46.6 Å². The van der Waals surface area contributed by atoms with Crippen LogP contribution in [0.25, 0.3) is 22.2 Å². The van der Waals surface area contributed by atoms with Gasteiger partial charge in [0.2, 0.25) is 0 Å². The topological polar surface area (TPSA) is 124 Å². The molecule has 0 saturated carbocycles. The van der Waals surface area contributed by atoms with E-state index in [0.29, 0.717) is 27.8 Å². The van der Waals surface area contributed by atoms with Gasteiger partial charge in [0.1, 0.15) is 23.4 Å². The van der Waals surface area contributed by atoms with Crippen LogP contribution in [0.2, 0.25) is 0 Å². The van der Waals surface area contributed by atoms with E-state index in [9.17, 15) is 9.90 Å². The number of phenolic OH excluding ortho intramolecular Hbond substituents is 1. The monoisotopic (exact) mass is 336 g/mol. The number of carbonyl (C=O) groups is 1. The Kier molecular flexibility index (Phi) is 2.98. The fourth-order valence-electron chi connectivity index (χ4n) is 3.33. The number of anilines is 1. The molecule has 0 radical (unpaired) electrons. The van der Waals surface area contributed by atoms with Gasteiger partial charge in [-0.15, -0.1) is 10.2 Å². The second-order valence-electron chi connectivity index (χ2n) is 5.97. The molecule has 0 unspecified atom stereocenters. The lowest BCUT2D eigenvalue weighted by Crippen LogP contribution is -2.14. The maximum Gasteiger partial charge on any atom is 0.253 e.